The molecule has 0 spiro atoms. The number of methoxy groups -OCH3 is 1. The summed E-state index contributed by atoms with van der Waals surface area (Å²) in [6, 6.07) is 8.44. The number of aromatic amines is 3. The van der Waals surface area contributed by atoms with Crippen molar-refractivity contribution in [1.29, 1.82) is 0 Å². The topological polar surface area (TPSA) is 142 Å². The highest BCUT2D eigenvalue weighted by Crippen LogP contribution is 2.45. The van der Waals surface area contributed by atoms with Crippen LogP contribution >= 0.6 is 0 Å². The van der Waals surface area contributed by atoms with Crippen molar-refractivity contribution in [3.05, 3.63) is 105 Å². The Balaban J connectivity index is 0.000000209. The van der Waals surface area contributed by atoms with E-state index in [0.717, 1.165) is 113 Å². The quantitative estimate of drug-likeness (QED) is 0.0319. The summed E-state index contributed by atoms with van der Waals surface area (Å²) in [6.07, 6.45) is 6.67. The van der Waals surface area contributed by atoms with Gasteiger partial charge in [0.25, 0.3) is 5.92 Å². The fourth-order valence-corrected chi connectivity index (χ4v) is 10.2. The summed E-state index contributed by atoms with van der Waals surface area (Å²) < 4.78 is 153. The SMILES string of the molecule is CCCCN(C)Cc1cn[nH]c1-c1cc(C)c(OC2CCC2)c(C(F)(F)F)c1.CCCCN(C)Cc1cn[nH]c1-c1cc(C)c(OCC2CCOCC2)c(C(F)(F)F)c1.CCCCN(C)Cc1cn[nH]c1-c1cc(OCCOC)c(F)c(C(C)(F)F)c1. The van der Waals surface area contributed by atoms with E-state index in [1.807, 2.05) is 21.1 Å². The van der Waals surface area contributed by atoms with Crippen LogP contribution in [0.2, 0.25) is 0 Å². The van der Waals surface area contributed by atoms with Crippen LogP contribution in [0, 0.1) is 25.6 Å². The molecule has 87 heavy (non-hydrogen) atoms. The Morgan fingerprint density at radius 1 is 0.575 bits per heavy atom. The summed E-state index contributed by atoms with van der Waals surface area (Å²) in [5, 5.41) is 20.9. The number of nitrogens with zero attached hydrogens (tertiary/aromatic N) is 6. The van der Waals surface area contributed by atoms with Gasteiger partial charge < -0.3 is 38.4 Å². The molecule has 3 aromatic carbocycles. The van der Waals surface area contributed by atoms with Crippen molar-refractivity contribution < 1.29 is 63.2 Å². The first-order valence-electron chi connectivity index (χ1n) is 30.1. The molecule has 3 N–H and O–H groups in total. The maximum absolute atomic E-state index is 14.6. The third-order valence-electron chi connectivity index (χ3n) is 15.4. The molecule has 482 valence electrons. The molecular formula is C64H88F9N9O5. The van der Waals surface area contributed by atoms with Crippen LogP contribution in [0.3, 0.4) is 0 Å². The van der Waals surface area contributed by atoms with Gasteiger partial charge in [-0.3, -0.25) is 15.3 Å². The maximum atomic E-state index is 14.6. The molecule has 1 saturated carbocycles. The Morgan fingerprint density at radius 2 is 1.00 bits per heavy atom. The van der Waals surface area contributed by atoms with E-state index in [4.69, 9.17) is 23.7 Å². The highest BCUT2D eigenvalue weighted by atomic mass is 19.4. The molecule has 2 aliphatic rings. The summed E-state index contributed by atoms with van der Waals surface area (Å²) >= 11 is 0. The van der Waals surface area contributed by atoms with Gasteiger partial charge >= 0.3 is 12.4 Å². The van der Waals surface area contributed by atoms with Crippen molar-refractivity contribution in [3.8, 4) is 51.0 Å². The number of aryl methyl sites for hydroxylation is 2. The van der Waals surface area contributed by atoms with Gasteiger partial charge in [-0.05, 0) is 159 Å². The van der Waals surface area contributed by atoms with E-state index in [2.05, 4.69) is 66.1 Å². The van der Waals surface area contributed by atoms with Crippen LogP contribution < -0.4 is 14.2 Å². The molecular weight excluding hydrogens is 1150 g/mol. The van der Waals surface area contributed by atoms with E-state index in [9.17, 15) is 39.5 Å². The minimum atomic E-state index is -4.51. The number of rotatable bonds is 28. The molecule has 14 nitrogen and oxygen atoms in total. The molecule has 0 atom stereocenters. The average Bonchev–Trinajstić information content (AvgIpc) is 2.96. The largest absolute Gasteiger partial charge is 0.492 e. The minimum Gasteiger partial charge on any atom is -0.492 e. The van der Waals surface area contributed by atoms with Gasteiger partial charge in [-0.1, -0.05) is 40.0 Å². The lowest BCUT2D eigenvalue weighted by atomic mass is 9.95. The van der Waals surface area contributed by atoms with Crippen LogP contribution in [0.5, 0.6) is 17.2 Å². The summed E-state index contributed by atoms with van der Waals surface area (Å²) in [5.74, 6) is -4.55. The number of H-pyrrole nitrogens is 3. The Morgan fingerprint density at radius 3 is 1.40 bits per heavy atom. The third kappa shape index (κ3) is 20.5. The van der Waals surface area contributed by atoms with Crippen LogP contribution in [0.25, 0.3) is 33.8 Å². The lowest BCUT2D eigenvalue weighted by Gasteiger charge is -2.29. The molecule has 23 heteroatoms. The molecule has 3 aromatic heterocycles. The monoisotopic (exact) mass is 1230 g/mol. The minimum absolute atomic E-state index is 0.0397. The lowest BCUT2D eigenvalue weighted by molar-refractivity contribution is -0.140. The molecule has 0 amide bonds. The van der Waals surface area contributed by atoms with Crippen LogP contribution in [0.1, 0.15) is 143 Å². The molecule has 1 aliphatic heterocycles. The van der Waals surface area contributed by atoms with Gasteiger partial charge in [0.2, 0.25) is 0 Å². The fraction of sp³-hybridized carbons (Fsp3) is 0.578. The number of hydrogen-bond acceptors (Lipinski definition) is 11. The van der Waals surface area contributed by atoms with Crippen LogP contribution in [0.4, 0.5) is 39.5 Å². The van der Waals surface area contributed by atoms with Gasteiger partial charge in [-0.2, -0.15) is 41.6 Å². The maximum Gasteiger partial charge on any atom is 0.419 e. The van der Waals surface area contributed by atoms with Crippen LogP contribution in [-0.4, -0.2) is 132 Å². The predicted octanol–water partition coefficient (Wildman–Crippen LogP) is 15.6. The normalized spacial score (nSPS) is 14.3. The van der Waals surface area contributed by atoms with E-state index < -0.39 is 40.8 Å². The van der Waals surface area contributed by atoms with E-state index in [1.165, 1.54) is 25.3 Å². The molecule has 1 aliphatic carbocycles. The molecule has 6 aromatic rings. The van der Waals surface area contributed by atoms with E-state index in [0.29, 0.717) is 84.7 Å². The Hall–Kier alpha value is -6.14. The first-order valence-corrected chi connectivity index (χ1v) is 30.1. The van der Waals surface area contributed by atoms with Crippen molar-refractivity contribution in [2.75, 3.05) is 80.9 Å². The number of aromatic nitrogens is 6. The number of hydrogen-bond donors (Lipinski definition) is 3. The standard InChI is InChI=1S/C23H32F3N3O2.C21H28F3N3O.C20H28F3N3O2/c1-4-5-8-29(3)14-19-13-27-28-21(19)18-11-16(2)22(20(12-18)23(24,25)26)31-15-17-6-9-30-10-7-17;1-4-5-9-27(3)13-16-12-25-26-19(16)15-10-14(2)20(28-17-7-6-8-17)18(11-15)21(22,23)24;1-5-6-7-26(3)13-15-12-24-25-19(15)14-10-16(20(2,22)23)18(21)17(11-14)28-9-8-27-4/h11-13,17H,4-10,14-15H2,1-3H3,(H,27,28);10-12,17H,4-9,13H2,1-3H3,(H,25,26);10-12H,5-9,13H2,1-4H3,(H,24,25). The smallest absolute Gasteiger partial charge is 0.419 e. The molecule has 4 heterocycles. The Bertz CT molecular complexity index is 3040. The number of unbranched alkanes of at least 4 members (excludes halogenated alkanes) is 3. The number of ether oxygens (including phenoxy) is 5. The first-order chi connectivity index (χ1) is 41.4. The second kappa shape index (κ2) is 32.9. The molecule has 0 bridgehead atoms. The van der Waals surface area contributed by atoms with Crippen molar-refractivity contribution in [2.24, 2.45) is 5.92 Å². The Kier molecular flexibility index (Phi) is 26.5. The first kappa shape index (κ1) is 70.0. The zero-order chi connectivity index (χ0) is 63.5. The lowest BCUT2D eigenvalue weighted by Crippen LogP contribution is -2.26. The zero-order valence-electron chi connectivity index (χ0n) is 52.0. The molecule has 2 fully saturated rings. The van der Waals surface area contributed by atoms with E-state index >= 15 is 0 Å². The molecule has 8 rings (SSSR count). The highest BCUT2D eigenvalue weighted by Gasteiger charge is 2.39. The second-order valence-electron chi connectivity index (χ2n) is 23.0. The van der Waals surface area contributed by atoms with Crippen LogP contribution in [-0.2, 0) is 47.4 Å². The highest BCUT2D eigenvalue weighted by molar-refractivity contribution is 5.69. The third-order valence-corrected chi connectivity index (χ3v) is 15.4. The van der Waals surface area contributed by atoms with Gasteiger partial charge in [-0.15, -0.1) is 0 Å². The van der Waals surface area contributed by atoms with Gasteiger partial charge in [0, 0.05) is 80.3 Å². The summed E-state index contributed by atoms with van der Waals surface area (Å²) in [5.41, 5.74) is 4.60. The summed E-state index contributed by atoms with van der Waals surface area (Å²) in [7, 11) is 7.48. The van der Waals surface area contributed by atoms with Crippen molar-refractivity contribution in [1.82, 2.24) is 45.3 Å². The van der Waals surface area contributed by atoms with Gasteiger partial charge in [0.15, 0.2) is 11.6 Å². The van der Waals surface area contributed by atoms with Gasteiger partial charge in [0.1, 0.15) is 18.1 Å². The summed E-state index contributed by atoms with van der Waals surface area (Å²) in [6.45, 7) is 16.8. The van der Waals surface area contributed by atoms with Gasteiger partial charge in [0.05, 0.1) is 71.7 Å². The van der Waals surface area contributed by atoms with E-state index in [-0.39, 0.29) is 49.1 Å². The number of nitrogens with one attached hydrogen (secondary N) is 3. The number of halogens is 9. The average molecular weight is 1230 g/mol. The van der Waals surface area contributed by atoms with Crippen molar-refractivity contribution in [3.63, 3.8) is 0 Å². The van der Waals surface area contributed by atoms with Crippen LogP contribution in [0.15, 0.2) is 55.0 Å². The molecule has 1 saturated heterocycles. The molecule has 0 radical (unpaired) electrons. The van der Waals surface area contributed by atoms with Crippen molar-refractivity contribution in [2.45, 2.75) is 156 Å². The summed E-state index contributed by atoms with van der Waals surface area (Å²) in [4.78, 5) is 6.44. The zero-order valence-corrected chi connectivity index (χ0v) is 52.0. The van der Waals surface area contributed by atoms with E-state index in [1.54, 1.807) is 44.6 Å². The Labute approximate surface area is 506 Å². The van der Waals surface area contributed by atoms with Gasteiger partial charge in [-0.25, -0.2) is 13.2 Å². The fourth-order valence-electron chi connectivity index (χ4n) is 10.2. The predicted molar refractivity (Wildman–Crippen MR) is 319 cm³/mol. The number of benzene rings is 3. The number of alkyl halides is 8. The second-order valence-corrected chi connectivity index (χ2v) is 23.0. The molecule has 0 unspecified atom stereocenters. The van der Waals surface area contributed by atoms with Crippen molar-refractivity contribution >= 4 is 0 Å².